The van der Waals surface area contributed by atoms with Gasteiger partial charge in [-0.2, -0.15) is 5.26 Å². The molecular weight excluding hydrogens is 460 g/mol. The first-order chi connectivity index (χ1) is 16.6. The first kappa shape index (κ1) is 17.4. The van der Waals surface area contributed by atoms with Crippen molar-refractivity contribution in [2.45, 2.75) is 0 Å². The molecule has 156 valence electrons. The van der Waals surface area contributed by atoms with Crippen molar-refractivity contribution in [2.24, 2.45) is 7.05 Å². The summed E-state index contributed by atoms with van der Waals surface area (Å²) in [5.41, 5.74) is 0.185. The molecule has 0 aliphatic carbocycles. The molecule has 9 rings (SSSR count). The fourth-order valence-electron chi connectivity index (χ4n) is 6.55. The fourth-order valence-corrected chi connectivity index (χ4v) is 8.49. The summed E-state index contributed by atoms with van der Waals surface area (Å²) in [6.07, 6.45) is 0. The highest BCUT2D eigenvalue weighted by Gasteiger charge is 2.30. The Morgan fingerprint density at radius 1 is 0.647 bits per heavy atom. The van der Waals surface area contributed by atoms with Crippen molar-refractivity contribution in [3.63, 3.8) is 0 Å². The summed E-state index contributed by atoms with van der Waals surface area (Å²) in [4.78, 5) is 27.1. The molecule has 0 amide bonds. The van der Waals surface area contributed by atoms with Crippen LogP contribution in [0.4, 0.5) is 0 Å². The monoisotopic (exact) mass is 470 g/mol. The van der Waals surface area contributed by atoms with Gasteiger partial charge >= 0.3 is 0 Å². The van der Waals surface area contributed by atoms with E-state index in [2.05, 4.69) is 35.7 Å². The van der Waals surface area contributed by atoms with E-state index >= 15 is 0 Å². The number of nitrogens with zero attached hydrogens (tertiary/aromatic N) is 2. The Labute approximate surface area is 197 Å². The lowest BCUT2D eigenvalue weighted by molar-refractivity contribution is 0.857. The average molecular weight is 471 g/mol. The Bertz CT molecular complexity index is 2440. The van der Waals surface area contributed by atoms with Crippen molar-refractivity contribution in [1.29, 1.82) is 5.26 Å². The Kier molecular flexibility index (Phi) is 2.67. The van der Waals surface area contributed by atoms with Crippen LogP contribution in [-0.4, -0.2) is 4.57 Å². The van der Waals surface area contributed by atoms with Crippen LogP contribution >= 0.6 is 22.7 Å². The molecule has 3 aromatic heterocycles. The second-order valence-electron chi connectivity index (χ2n) is 9.12. The molecule has 0 bridgehead atoms. The number of rotatable bonds is 0. The number of aromatic nitrogens is 1. The first-order valence-electron chi connectivity index (χ1n) is 10.9. The summed E-state index contributed by atoms with van der Waals surface area (Å²) in [5, 5.41) is 27.6. The summed E-state index contributed by atoms with van der Waals surface area (Å²) < 4.78 is 3.32. The molecule has 4 nitrogen and oxygen atoms in total. The normalized spacial score (nSPS) is 13.1. The van der Waals surface area contributed by atoms with Gasteiger partial charge in [-0.3, -0.25) is 14.2 Å². The molecule has 0 radical (unpaired) electrons. The van der Waals surface area contributed by atoms with E-state index in [4.69, 9.17) is 0 Å². The summed E-state index contributed by atoms with van der Waals surface area (Å²) in [7, 11) is 1.58. The molecule has 3 heterocycles. The second kappa shape index (κ2) is 5.20. The second-order valence-corrected chi connectivity index (χ2v) is 10.9. The minimum Gasteiger partial charge on any atom is -0.277 e. The molecule has 0 saturated carbocycles. The largest absolute Gasteiger partial charge is 0.277 e. The molecule has 0 fully saturated rings. The lowest BCUT2D eigenvalue weighted by Crippen LogP contribution is -2.21. The van der Waals surface area contributed by atoms with Crippen LogP contribution in [0.25, 0.3) is 84.8 Å². The smallest absolute Gasteiger partial charge is 0.261 e. The van der Waals surface area contributed by atoms with Crippen molar-refractivity contribution < 1.29 is 0 Å². The number of fused-ring (bicyclic) bond motifs is 9. The quantitative estimate of drug-likeness (QED) is 0.231. The van der Waals surface area contributed by atoms with Gasteiger partial charge in [-0.15, -0.1) is 22.7 Å². The molecule has 0 saturated heterocycles. The van der Waals surface area contributed by atoms with E-state index in [1.165, 1.54) is 4.57 Å². The van der Waals surface area contributed by atoms with Gasteiger partial charge in [0.05, 0.1) is 22.4 Å². The third-order valence-electron chi connectivity index (χ3n) is 7.83. The van der Waals surface area contributed by atoms with Crippen molar-refractivity contribution in [2.75, 3.05) is 0 Å². The standard InChI is InChI=1S/C28H10N2O2S2/c1-30-27(31)23-21-19-17-12(13-4-6-33-25(13)21)3-2-11-10(9-29)8-15-14-5-7-34-26(14)22(24(23)28(30)32)20(19)18(15)16(11)17/h2-8H,1H3. The number of nitriles is 1. The van der Waals surface area contributed by atoms with Crippen LogP contribution in [0, 0.1) is 11.3 Å². The zero-order chi connectivity index (χ0) is 22.6. The number of benzene rings is 5. The first-order valence-corrected chi connectivity index (χ1v) is 12.6. The molecule has 6 heteroatoms. The number of hydrogen-bond donors (Lipinski definition) is 0. The molecule has 0 spiro atoms. The zero-order valence-electron chi connectivity index (χ0n) is 17.6. The third-order valence-corrected chi connectivity index (χ3v) is 9.69. The zero-order valence-corrected chi connectivity index (χ0v) is 19.2. The van der Waals surface area contributed by atoms with Gasteiger partial charge in [0.15, 0.2) is 0 Å². The topological polar surface area (TPSA) is 62.9 Å². The van der Waals surface area contributed by atoms with E-state index in [1.54, 1.807) is 29.7 Å². The predicted octanol–water partition coefficient (Wildman–Crippen LogP) is 6.72. The maximum absolute atomic E-state index is 13.6. The van der Waals surface area contributed by atoms with Crippen molar-refractivity contribution in [3.8, 4) is 6.07 Å². The van der Waals surface area contributed by atoms with Crippen molar-refractivity contribution in [3.05, 3.63) is 67.4 Å². The highest BCUT2D eigenvalue weighted by atomic mass is 32.1. The van der Waals surface area contributed by atoms with Gasteiger partial charge in [-0.1, -0.05) is 12.1 Å². The maximum atomic E-state index is 13.6. The fraction of sp³-hybridized carbons (Fsp3) is 0.0357. The van der Waals surface area contributed by atoms with Crippen LogP contribution in [0.5, 0.6) is 0 Å². The summed E-state index contributed by atoms with van der Waals surface area (Å²) in [5.74, 6) is 0. The molecule has 9 aromatic rings. The van der Waals surface area contributed by atoms with E-state index in [0.717, 1.165) is 74.0 Å². The molecule has 0 unspecified atom stereocenters. The minimum atomic E-state index is -0.235. The number of hydrogen-bond acceptors (Lipinski definition) is 5. The van der Waals surface area contributed by atoms with Crippen LogP contribution in [-0.2, 0) is 7.05 Å². The van der Waals surface area contributed by atoms with E-state index in [0.29, 0.717) is 16.3 Å². The summed E-state index contributed by atoms with van der Waals surface area (Å²) in [6.45, 7) is 0. The molecule has 0 N–H and O–H groups in total. The molecule has 0 atom stereocenters. The van der Waals surface area contributed by atoms with Crippen LogP contribution in [0.3, 0.4) is 0 Å². The van der Waals surface area contributed by atoms with Gasteiger partial charge in [0.1, 0.15) is 0 Å². The van der Waals surface area contributed by atoms with Gasteiger partial charge in [0.2, 0.25) is 0 Å². The molecule has 6 aromatic carbocycles. The molecule has 0 aliphatic heterocycles. The lowest BCUT2D eigenvalue weighted by atomic mass is 9.92. The Morgan fingerprint density at radius 2 is 1.18 bits per heavy atom. The van der Waals surface area contributed by atoms with Crippen molar-refractivity contribution in [1.82, 2.24) is 4.57 Å². The van der Waals surface area contributed by atoms with E-state index in [-0.39, 0.29) is 11.1 Å². The minimum absolute atomic E-state index is 0.235. The lowest BCUT2D eigenvalue weighted by Gasteiger charge is -2.10. The van der Waals surface area contributed by atoms with Gasteiger partial charge in [-0.25, -0.2) is 0 Å². The van der Waals surface area contributed by atoms with Gasteiger partial charge in [-0.05, 0) is 55.9 Å². The highest BCUT2D eigenvalue weighted by molar-refractivity contribution is 7.19. The van der Waals surface area contributed by atoms with E-state index in [1.807, 2.05) is 11.4 Å². The van der Waals surface area contributed by atoms with Gasteiger partial charge in [0.25, 0.3) is 11.1 Å². The van der Waals surface area contributed by atoms with Gasteiger partial charge < -0.3 is 0 Å². The molecule has 34 heavy (non-hydrogen) atoms. The molecule has 0 aliphatic rings. The van der Waals surface area contributed by atoms with Crippen LogP contribution in [0.1, 0.15) is 5.56 Å². The summed E-state index contributed by atoms with van der Waals surface area (Å²) >= 11 is 3.21. The van der Waals surface area contributed by atoms with Crippen LogP contribution in [0.2, 0.25) is 0 Å². The molecular formula is C28H10N2O2S2. The predicted molar refractivity (Wildman–Crippen MR) is 143 cm³/mol. The maximum Gasteiger partial charge on any atom is 0.261 e. The Morgan fingerprint density at radius 3 is 1.79 bits per heavy atom. The average Bonchev–Trinajstić information content (AvgIpc) is 3.63. The Balaban J connectivity index is 1.91. The summed E-state index contributed by atoms with van der Waals surface area (Å²) in [6, 6.07) is 12.8. The Hall–Kier alpha value is -4.05. The van der Waals surface area contributed by atoms with Gasteiger partial charge in [0, 0.05) is 54.2 Å². The van der Waals surface area contributed by atoms with Crippen LogP contribution in [0.15, 0.2) is 50.7 Å². The van der Waals surface area contributed by atoms with Crippen LogP contribution < -0.4 is 11.1 Å². The van der Waals surface area contributed by atoms with E-state index in [9.17, 15) is 14.9 Å². The van der Waals surface area contributed by atoms with E-state index < -0.39 is 0 Å². The highest BCUT2D eigenvalue weighted by Crippen LogP contribution is 2.56. The number of thiophene rings is 2. The van der Waals surface area contributed by atoms with Crippen molar-refractivity contribution >= 4 is 107 Å². The third kappa shape index (κ3) is 1.54. The SMILES string of the molecule is Cn1c(=O)c2c(c1=O)c1c3sccc3c3cc(C#N)c4ccc5c6ccsc6c2c2c5c4c3c12.